The van der Waals surface area contributed by atoms with Crippen molar-refractivity contribution in [1.29, 1.82) is 0 Å². The number of rotatable bonds is 5. The molecule has 2 aromatic rings. The van der Waals surface area contributed by atoms with Gasteiger partial charge in [-0.1, -0.05) is 18.2 Å². The average Bonchev–Trinajstić information content (AvgIpc) is 3.07. The van der Waals surface area contributed by atoms with E-state index < -0.39 is 39.1 Å². The molecule has 3 rings (SSSR count). The second kappa shape index (κ2) is 7.72. The first kappa shape index (κ1) is 22.8. The number of halogens is 1. The van der Waals surface area contributed by atoms with Crippen LogP contribution in [0.5, 0.6) is 0 Å². The summed E-state index contributed by atoms with van der Waals surface area (Å²) in [5, 5.41) is 3.22. The second-order valence-corrected chi connectivity index (χ2v) is 9.43. The van der Waals surface area contributed by atoms with Gasteiger partial charge < -0.3 is 15.0 Å². The van der Waals surface area contributed by atoms with Crippen LogP contribution in [0.1, 0.15) is 27.2 Å². The highest BCUT2D eigenvalue weighted by Gasteiger charge is 2.61. The topological polar surface area (TPSA) is 117 Å². The molecule has 0 bridgehead atoms. The van der Waals surface area contributed by atoms with Crippen LogP contribution < -0.4 is 10.0 Å². The summed E-state index contributed by atoms with van der Waals surface area (Å²) in [6.07, 6.45) is 2.57. The van der Waals surface area contributed by atoms with E-state index in [0.29, 0.717) is 10.9 Å². The molecule has 29 heavy (non-hydrogen) atoms. The van der Waals surface area contributed by atoms with E-state index in [4.69, 9.17) is 4.74 Å². The van der Waals surface area contributed by atoms with Gasteiger partial charge in [0.1, 0.15) is 16.0 Å². The van der Waals surface area contributed by atoms with Gasteiger partial charge in [0.2, 0.25) is 0 Å². The van der Waals surface area contributed by atoms with Gasteiger partial charge in [-0.2, -0.15) is 0 Å². The van der Waals surface area contributed by atoms with Crippen LogP contribution in [-0.2, 0) is 19.6 Å². The highest BCUT2D eigenvalue weighted by molar-refractivity contribution is 7.90. The number of hydrogen-bond donors (Lipinski definition) is 3. The van der Waals surface area contributed by atoms with Crippen LogP contribution in [0, 0.1) is 5.92 Å². The first-order chi connectivity index (χ1) is 13.0. The van der Waals surface area contributed by atoms with E-state index in [9.17, 15) is 18.0 Å². The van der Waals surface area contributed by atoms with Gasteiger partial charge in [0.05, 0.1) is 5.52 Å². The molecule has 0 saturated heterocycles. The van der Waals surface area contributed by atoms with Crippen molar-refractivity contribution in [2.75, 3.05) is 0 Å². The SMILES string of the molecule is C=C[C@@H]1C[C@]1(NC(=O)OC(C)(C)C)C(=O)NS(=O)(=O)c1cccc2cc[nH]c12.Cl. The monoisotopic (exact) mass is 441 g/mol. The first-order valence-electron chi connectivity index (χ1n) is 8.75. The zero-order valence-electron chi connectivity index (χ0n) is 16.3. The summed E-state index contributed by atoms with van der Waals surface area (Å²) in [6.45, 7) is 8.72. The minimum atomic E-state index is -4.16. The minimum Gasteiger partial charge on any atom is -0.444 e. The van der Waals surface area contributed by atoms with Crippen LogP contribution in [0.2, 0.25) is 0 Å². The van der Waals surface area contributed by atoms with Gasteiger partial charge >= 0.3 is 6.09 Å². The van der Waals surface area contributed by atoms with Gasteiger partial charge in [0.25, 0.3) is 15.9 Å². The Morgan fingerprint density at radius 1 is 1.31 bits per heavy atom. The van der Waals surface area contributed by atoms with Crippen LogP contribution in [0.15, 0.2) is 48.0 Å². The van der Waals surface area contributed by atoms with E-state index in [1.807, 2.05) is 0 Å². The molecule has 1 fully saturated rings. The Morgan fingerprint density at radius 3 is 2.59 bits per heavy atom. The molecule has 0 spiro atoms. The van der Waals surface area contributed by atoms with E-state index in [1.165, 1.54) is 12.1 Å². The number of fused-ring (bicyclic) bond motifs is 1. The molecule has 1 saturated carbocycles. The van der Waals surface area contributed by atoms with Gasteiger partial charge in [-0.05, 0) is 39.3 Å². The molecule has 10 heteroatoms. The summed E-state index contributed by atoms with van der Waals surface area (Å²) in [5.41, 5.74) is -1.76. The van der Waals surface area contributed by atoms with E-state index in [0.717, 1.165) is 0 Å². The standard InChI is InChI=1S/C19H23N3O5S.ClH/c1-5-13-11-19(13,21-17(24)27-18(2,3)4)16(23)22-28(25,26)14-8-6-7-12-9-10-20-15(12)14;/h5-10,13,20H,1,11H2,2-4H3,(H,21,24)(H,22,23);1H/t13-,19-;/m1./s1. The Balaban J connectivity index is 0.00000300. The number of carbonyl (C=O) groups excluding carboxylic acids is 2. The number of sulfonamides is 1. The van der Waals surface area contributed by atoms with Crippen LogP contribution in [0.4, 0.5) is 4.79 Å². The number of H-pyrrole nitrogens is 1. The number of carbonyl (C=O) groups is 2. The highest BCUT2D eigenvalue weighted by atomic mass is 35.5. The first-order valence-corrected chi connectivity index (χ1v) is 10.2. The molecular formula is C19H24ClN3O5S. The average molecular weight is 442 g/mol. The Kier molecular flexibility index (Phi) is 6.06. The third-order valence-electron chi connectivity index (χ3n) is 4.49. The van der Waals surface area contributed by atoms with Gasteiger partial charge in [-0.25, -0.2) is 17.9 Å². The van der Waals surface area contributed by atoms with Gasteiger partial charge in [0, 0.05) is 17.5 Å². The number of hydrogen-bond acceptors (Lipinski definition) is 5. The molecule has 3 N–H and O–H groups in total. The van der Waals surface area contributed by atoms with Crippen molar-refractivity contribution in [2.24, 2.45) is 5.92 Å². The molecule has 2 atom stereocenters. The van der Waals surface area contributed by atoms with Crippen molar-refractivity contribution in [3.8, 4) is 0 Å². The largest absolute Gasteiger partial charge is 0.444 e. The summed E-state index contributed by atoms with van der Waals surface area (Å²) in [4.78, 5) is 27.8. The molecular weight excluding hydrogens is 418 g/mol. The molecule has 1 aromatic heterocycles. The highest BCUT2D eigenvalue weighted by Crippen LogP contribution is 2.45. The molecule has 2 amide bonds. The number of ether oxygens (including phenoxy) is 1. The fraction of sp³-hybridized carbons (Fsp3) is 0.368. The second-order valence-electron chi connectivity index (χ2n) is 7.78. The van der Waals surface area contributed by atoms with Crippen molar-refractivity contribution < 1.29 is 22.7 Å². The number of aromatic nitrogens is 1. The third kappa shape index (κ3) is 4.56. The lowest BCUT2D eigenvalue weighted by atomic mass is 10.2. The quantitative estimate of drug-likeness (QED) is 0.616. The van der Waals surface area contributed by atoms with Crippen LogP contribution in [-0.4, -0.2) is 36.5 Å². The number of para-hydroxylation sites is 1. The van der Waals surface area contributed by atoms with Crippen molar-refractivity contribution in [2.45, 2.75) is 43.2 Å². The predicted octanol–water partition coefficient (Wildman–Crippen LogP) is 2.86. The lowest BCUT2D eigenvalue weighted by molar-refractivity contribution is -0.122. The smallest absolute Gasteiger partial charge is 0.408 e. The van der Waals surface area contributed by atoms with Gasteiger partial charge in [0.15, 0.2) is 0 Å². The molecule has 0 unspecified atom stereocenters. The molecule has 8 nitrogen and oxygen atoms in total. The molecule has 158 valence electrons. The number of aromatic amines is 1. The molecule has 0 aliphatic heterocycles. The third-order valence-corrected chi connectivity index (χ3v) is 5.87. The summed E-state index contributed by atoms with van der Waals surface area (Å²) in [7, 11) is -4.16. The fourth-order valence-electron chi connectivity index (χ4n) is 3.07. The Labute approximate surface area is 175 Å². The molecule has 0 radical (unpaired) electrons. The van der Waals surface area contributed by atoms with Gasteiger partial charge in [-0.15, -0.1) is 19.0 Å². The maximum atomic E-state index is 12.8. The molecule has 1 heterocycles. The lowest BCUT2D eigenvalue weighted by Crippen LogP contribution is -2.52. The van der Waals surface area contributed by atoms with Crippen molar-refractivity contribution in [1.82, 2.24) is 15.0 Å². The Morgan fingerprint density at radius 2 is 2.00 bits per heavy atom. The maximum absolute atomic E-state index is 12.8. The van der Waals surface area contributed by atoms with Crippen molar-refractivity contribution >= 4 is 45.3 Å². The Hall–Kier alpha value is -2.52. The number of amides is 2. The van der Waals surface area contributed by atoms with E-state index >= 15 is 0 Å². The Bertz CT molecular complexity index is 1060. The zero-order valence-corrected chi connectivity index (χ0v) is 17.9. The molecule has 1 aliphatic carbocycles. The maximum Gasteiger partial charge on any atom is 0.408 e. The van der Waals surface area contributed by atoms with Crippen molar-refractivity contribution in [3.63, 3.8) is 0 Å². The van der Waals surface area contributed by atoms with E-state index in [1.54, 1.807) is 45.2 Å². The minimum absolute atomic E-state index is 0. The van der Waals surface area contributed by atoms with Crippen LogP contribution in [0.3, 0.4) is 0 Å². The van der Waals surface area contributed by atoms with Crippen LogP contribution >= 0.6 is 12.4 Å². The summed E-state index contributed by atoms with van der Waals surface area (Å²) in [5.74, 6) is -1.22. The van der Waals surface area contributed by atoms with Gasteiger partial charge in [-0.3, -0.25) is 4.79 Å². The van der Waals surface area contributed by atoms with Crippen molar-refractivity contribution in [3.05, 3.63) is 43.1 Å². The van der Waals surface area contributed by atoms with E-state index in [-0.39, 0.29) is 23.7 Å². The molecule has 1 aromatic carbocycles. The number of alkyl carbamates (subject to hydrolysis) is 1. The zero-order chi connectivity index (χ0) is 20.7. The predicted molar refractivity (Wildman–Crippen MR) is 111 cm³/mol. The normalized spacial score (nSPS) is 21.0. The summed E-state index contributed by atoms with van der Waals surface area (Å²) < 4.78 is 32.9. The molecule has 1 aliphatic rings. The van der Waals surface area contributed by atoms with E-state index in [2.05, 4.69) is 21.6 Å². The lowest BCUT2D eigenvalue weighted by Gasteiger charge is -2.23. The fourth-order valence-corrected chi connectivity index (χ4v) is 4.31. The number of nitrogens with one attached hydrogen (secondary N) is 3. The summed E-state index contributed by atoms with van der Waals surface area (Å²) in [6, 6.07) is 6.48. The number of benzene rings is 1. The summed E-state index contributed by atoms with van der Waals surface area (Å²) >= 11 is 0. The van der Waals surface area contributed by atoms with Crippen LogP contribution in [0.25, 0.3) is 10.9 Å².